The fraction of sp³-hybridized carbons (Fsp3) is 0.269. The summed E-state index contributed by atoms with van der Waals surface area (Å²) in [5.41, 5.74) is 5.05. The van der Waals surface area contributed by atoms with Gasteiger partial charge >= 0.3 is 0 Å². The lowest BCUT2D eigenvalue weighted by Gasteiger charge is -2.14. The van der Waals surface area contributed by atoms with Crippen molar-refractivity contribution in [2.24, 2.45) is 0 Å². The van der Waals surface area contributed by atoms with Crippen molar-refractivity contribution in [1.82, 2.24) is 14.3 Å². The molecule has 1 N–H and O–H groups in total. The maximum atomic E-state index is 13.9. The molecule has 0 bridgehead atoms. The molecule has 4 rings (SSSR count). The Labute approximate surface area is 191 Å². The van der Waals surface area contributed by atoms with E-state index in [0.717, 1.165) is 27.9 Å². The van der Waals surface area contributed by atoms with Crippen LogP contribution in [0.2, 0.25) is 0 Å². The van der Waals surface area contributed by atoms with E-state index in [0.29, 0.717) is 29.9 Å². The number of aromatic nitrogens is 3. The molecule has 0 spiro atoms. The third kappa shape index (κ3) is 4.31. The summed E-state index contributed by atoms with van der Waals surface area (Å²) < 4.78 is 17.1. The van der Waals surface area contributed by atoms with Gasteiger partial charge < -0.3 is 5.32 Å². The minimum Gasteiger partial charge on any atom is -0.326 e. The zero-order valence-corrected chi connectivity index (χ0v) is 19.3. The van der Waals surface area contributed by atoms with Crippen LogP contribution in [0, 0.1) is 26.6 Å². The standard InChI is InChI=1S/C26H27FN4O2/c1-5-30-25-24(18(4)29-31(25)21-8-6-7-19(27)15-21)17(3)22(26(30)33)13-14-23(32)28-20-11-9-16(2)10-12-20/h6-12,15H,5,13-14H2,1-4H3,(H,28,32). The van der Waals surface area contributed by atoms with Crippen molar-refractivity contribution < 1.29 is 9.18 Å². The molecule has 0 fully saturated rings. The van der Waals surface area contributed by atoms with Crippen LogP contribution in [0.4, 0.5) is 10.1 Å². The third-order valence-electron chi connectivity index (χ3n) is 5.93. The molecule has 0 aliphatic carbocycles. The Morgan fingerprint density at radius 2 is 1.82 bits per heavy atom. The molecule has 2 aromatic heterocycles. The second-order valence-electron chi connectivity index (χ2n) is 8.24. The number of pyridine rings is 1. The summed E-state index contributed by atoms with van der Waals surface area (Å²) >= 11 is 0. The Morgan fingerprint density at radius 1 is 1.09 bits per heavy atom. The molecule has 33 heavy (non-hydrogen) atoms. The van der Waals surface area contributed by atoms with Gasteiger partial charge in [0.2, 0.25) is 5.91 Å². The van der Waals surface area contributed by atoms with Gasteiger partial charge in [-0.15, -0.1) is 0 Å². The number of benzene rings is 2. The first-order valence-corrected chi connectivity index (χ1v) is 11.0. The highest BCUT2D eigenvalue weighted by molar-refractivity contribution is 5.91. The van der Waals surface area contributed by atoms with Crippen LogP contribution in [0.3, 0.4) is 0 Å². The zero-order valence-electron chi connectivity index (χ0n) is 19.3. The molecule has 0 radical (unpaired) electrons. The molecule has 0 aliphatic rings. The predicted octanol–water partition coefficient (Wildman–Crippen LogP) is 4.84. The van der Waals surface area contributed by atoms with Gasteiger partial charge in [0.05, 0.1) is 11.4 Å². The SMILES string of the molecule is CCn1c(=O)c(CCC(=O)Nc2ccc(C)cc2)c(C)c2c(C)nn(-c3cccc(F)c3)c21. The van der Waals surface area contributed by atoms with Gasteiger partial charge in [-0.05, 0) is 70.0 Å². The molecule has 0 atom stereocenters. The molecule has 170 valence electrons. The molecule has 7 heteroatoms. The Morgan fingerprint density at radius 3 is 2.48 bits per heavy atom. The molecule has 4 aromatic rings. The fourth-order valence-corrected chi connectivity index (χ4v) is 4.25. The Balaban J connectivity index is 1.71. The normalized spacial score (nSPS) is 11.2. The topological polar surface area (TPSA) is 68.9 Å². The third-order valence-corrected chi connectivity index (χ3v) is 5.93. The van der Waals surface area contributed by atoms with Crippen LogP contribution in [0.15, 0.2) is 53.3 Å². The van der Waals surface area contributed by atoms with Crippen LogP contribution in [-0.4, -0.2) is 20.3 Å². The van der Waals surface area contributed by atoms with E-state index in [1.54, 1.807) is 21.4 Å². The largest absolute Gasteiger partial charge is 0.326 e. The highest BCUT2D eigenvalue weighted by Crippen LogP contribution is 2.26. The molecule has 6 nitrogen and oxygen atoms in total. The van der Waals surface area contributed by atoms with Crippen molar-refractivity contribution in [1.29, 1.82) is 0 Å². The van der Waals surface area contributed by atoms with E-state index in [-0.39, 0.29) is 23.7 Å². The fourth-order valence-electron chi connectivity index (χ4n) is 4.25. The molecule has 0 unspecified atom stereocenters. The Bertz CT molecular complexity index is 1400. The first kappa shape index (κ1) is 22.5. The van der Waals surface area contributed by atoms with E-state index in [2.05, 4.69) is 10.4 Å². The van der Waals surface area contributed by atoms with Crippen LogP contribution in [-0.2, 0) is 17.8 Å². The van der Waals surface area contributed by atoms with Crippen LogP contribution in [0.1, 0.15) is 35.7 Å². The van der Waals surface area contributed by atoms with Gasteiger partial charge in [0.25, 0.3) is 5.56 Å². The van der Waals surface area contributed by atoms with Crippen molar-refractivity contribution >= 4 is 22.6 Å². The van der Waals surface area contributed by atoms with Gasteiger partial charge in [0, 0.05) is 29.6 Å². The number of nitrogens with zero attached hydrogens (tertiary/aromatic N) is 3. The van der Waals surface area contributed by atoms with Crippen LogP contribution in [0.5, 0.6) is 0 Å². The number of hydrogen-bond acceptors (Lipinski definition) is 3. The van der Waals surface area contributed by atoms with Gasteiger partial charge in [-0.1, -0.05) is 23.8 Å². The number of hydrogen-bond donors (Lipinski definition) is 1. The summed E-state index contributed by atoms with van der Waals surface area (Å²) in [6.45, 7) is 8.08. The first-order chi connectivity index (χ1) is 15.8. The first-order valence-electron chi connectivity index (χ1n) is 11.0. The summed E-state index contributed by atoms with van der Waals surface area (Å²) in [5, 5.41) is 8.36. The number of aryl methyl sites for hydroxylation is 4. The molecule has 2 aromatic carbocycles. The molecule has 1 amide bonds. The van der Waals surface area contributed by atoms with Crippen molar-refractivity contribution in [3.05, 3.63) is 87.1 Å². The minimum absolute atomic E-state index is 0.145. The second kappa shape index (κ2) is 9.02. The molecular formula is C26H27FN4O2. The number of fused-ring (bicyclic) bond motifs is 1. The zero-order chi connectivity index (χ0) is 23.7. The smallest absolute Gasteiger partial charge is 0.255 e. The number of anilines is 1. The number of rotatable bonds is 6. The predicted molar refractivity (Wildman–Crippen MR) is 129 cm³/mol. The van der Waals surface area contributed by atoms with E-state index in [1.165, 1.54) is 12.1 Å². The summed E-state index contributed by atoms with van der Waals surface area (Å²) in [5.74, 6) is -0.514. The number of carbonyl (C=O) groups excluding carboxylic acids is 1. The molecule has 0 saturated carbocycles. The highest BCUT2D eigenvalue weighted by atomic mass is 19.1. The highest BCUT2D eigenvalue weighted by Gasteiger charge is 2.21. The van der Waals surface area contributed by atoms with Gasteiger partial charge in [0.15, 0.2) is 0 Å². The van der Waals surface area contributed by atoms with Crippen LogP contribution < -0.4 is 10.9 Å². The Kier molecular flexibility index (Phi) is 6.14. The van der Waals surface area contributed by atoms with Crippen molar-refractivity contribution in [2.45, 2.75) is 47.1 Å². The minimum atomic E-state index is -0.368. The number of nitrogens with one attached hydrogen (secondary N) is 1. The summed E-state index contributed by atoms with van der Waals surface area (Å²) in [6, 6.07) is 13.7. The van der Waals surface area contributed by atoms with E-state index in [9.17, 15) is 14.0 Å². The van der Waals surface area contributed by atoms with E-state index in [1.807, 2.05) is 52.0 Å². The number of carbonyl (C=O) groups is 1. The lowest BCUT2D eigenvalue weighted by Crippen LogP contribution is -2.27. The lowest BCUT2D eigenvalue weighted by molar-refractivity contribution is -0.116. The number of amides is 1. The van der Waals surface area contributed by atoms with Gasteiger partial charge in [-0.2, -0.15) is 5.10 Å². The summed E-state index contributed by atoms with van der Waals surface area (Å²) in [6.07, 6.45) is 0.513. The second-order valence-corrected chi connectivity index (χ2v) is 8.24. The van der Waals surface area contributed by atoms with Crippen molar-refractivity contribution in [3.63, 3.8) is 0 Å². The summed E-state index contributed by atoms with van der Waals surface area (Å²) in [4.78, 5) is 25.9. The average molecular weight is 447 g/mol. The quantitative estimate of drug-likeness (QED) is 0.461. The van der Waals surface area contributed by atoms with E-state index >= 15 is 0 Å². The van der Waals surface area contributed by atoms with Crippen molar-refractivity contribution in [3.8, 4) is 5.69 Å². The van der Waals surface area contributed by atoms with E-state index < -0.39 is 0 Å². The van der Waals surface area contributed by atoms with E-state index in [4.69, 9.17) is 0 Å². The van der Waals surface area contributed by atoms with Crippen LogP contribution >= 0.6 is 0 Å². The number of halogens is 1. The van der Waals surface area contributed by atoms with Crippen LogP contribution in [0.25, 0.3) is 16.7 Å². The maximum Gasteiger partial charge on any atom is 0.255 e. The lowest BCUT2D eigenvalue weighted by atomic mass is 10.0. The maximum absolute atomic E-state index is 13.9. The van der Waals surface area contributed by atoms with Gasteiger partial charge in [-0.3, -0.25) is 14.2 Å². The monoisotopic (exact) mass is 446 g/mol. The van der Waals surface area contributed by atoms with Crippen molar-refractivity contribution in [2.75, 3.05) is 5.32 Å². The van der Waals surface area contributed by atoms with Gasteiger partial charge in [0.1, 0.15) is 11.5 Å². The Hall–Kier alpha value is -3.74. The molecular weight excluding hydrogens is 419 g/mol. The molecule has 0 saturated heterocycles. The molecule has 2 heterocycles. The average Bonchev–Trinajstić information content (AvgIpc) is 3.13. The summed E-state index contributed by atoms with van der Waals surface area (Å²) in [7, 11) is 0. The van der Waals surface area contributed by atoms with Gasteiger partial charge in [-0.25, -0.2) is 9.07 Å². The molecule has 0 aliphatic heterocycles.